The van der Waals surface area contributed by atoms with Crippen LogP contribution in [0.4, 0.5) is 14.5 Å². The SMILES string of the molecule is Nc1cc(F)c(F)cc1-c1nnnn1CCC1CC1. The summed E-state index contributed by atoms with van der Waals surface area (Å²) in [5.41, 5.74) is 6.15. The summed E-state index contributed by atoms with van der Waals surface area (Å²) < 4.78 is 27.9. The molecule has 1 aromatic heterocycles. The van der Waals surface area contributed by atoms with E-state index in [2.05, 4.69) is 15.5 Å². The van der Waals surface area contributed by atoms with Crippen LogP contribution in [0.1, 0.15) is 19.3 Å². The molecule has 0 aliphatic heterocycles. The standard InChI is InChI=1S/C12H13F2N5/c13-9-5-8(11(15)6-10(9)14)12-16-17-18-19(12)4-3-7-1-2-7/h5-7H,1-4,15H2. The van der Waals surface area contributed by atoms with E-state index in [0.717, 1.165) is 24.5 Å². The van der Waals surface area contributed by atoms with Gasteiger partial charge < -0.3 is 5.73 Å². The first kappa shape index (κ1) is 12.0. The van der Waals surface area contributed by atoms with Crippen molar-refractivity contribution >= 4 is 5.69 Å². The van der Waals surface area contributed by atoms with Crippen LogP contribution >= 0.6 is 0 Å². The number of nitrogen functional groups attached to an aromatic ring is 1. The van der Waals surface area contributed by atoms with Crippen molar-refractivity contribution in [1.82, 2.24) is 20.2 Å². The Bertz CT molecular complexity index is 606. The third-order valence-corrected chi connectivity index (χ3v) is 3.31. The van der Waals surface area contributed by atoms with Crippen molar-refractivity contribution in [3.8, 4) is 11.4 Å². The molecule has 1 aliphatic rings. The summed E-state index contributed by atoms with van der Waals surface area (Å²) in [6.07, 6.45) is 3.47. The highest BCUT2D eigenvalue weighted by atomic mass is 19.2. The van der Waals surface area contributed by atoms with Crippen molar-refractivity contribution in [1.29, 1.82) is 0 Å². The molecule has 0 amide bonds. The third-order valence-electron chi connectivity index (χ3n) is 3.31. The van der Waals surface area contributed by atoms with E-state index in [1.54, 1.807) is 4.68 Å². The molecule has 2 aromatic rings. The fourth-order valence-corrected chi connectivity index (χ4v) is 2.02. The summed E-state index contributed by atoms with van der Waals surface area (Å²) in [7, 11) is 0. The molecule has 2 N–H and O–H groups in total. The fraction of sp³-hybridized carbons (Fsp3) is 0.417. The Morgan fingerprint density at radius 3 is 2.74 bits per heavy atom. The van der Waals surface area contributed by atoms with Crippen LogP contribution in [0.2, 0.25) is 0 Å². The molecule has 0 atom stereocenters. The summed E-state index contributed by atoms with van der Waals surface area (Å²) >= 11 is 0. The van der Waals surface area contributed by atoms with Gasteiger partial charge in [-0.05, 0) is 28.8 Å². The van der Waals surface area contributed by atoms with Gasteiger partial charge in [-0.25, -0.2) is 13.5 Å². The van der Waals surface area contributed by atoms with E-state index < -0.39 is 11.6 Å². The molecule has 1 aromatic carbocycles. The maximum absolute atomic E-state index is 13.3. The van der Waals surface area contributed by atoms with Crippen molar-refractivity contribution in [2.75, 3.05) is 5.73 Å². The second-order valence-corrected chi connectivity index (χ2v) is 4.81. The Labute approximate surface area is 108 Å². The zero-order valence-corrected chi connectivity index (χ0v) is 10.2. The van der Waals surface area contributed by atoms with Gasteiger partial charge in [0.15, 0.2) is 17.5 Å². The second kappa shape index (κ2) is 4.56. The van der Waals surface area contributed by atoms with Gasteiger partial charge in [-0.3, -0.25) is 0 Å². The lowest BCUT2D eigenvalue weighted by molar-refractivity contribution is 0.508. The maximum atomic E-state index is 13.3. The smallest absolute Gasteiger partial charge is 0.184 e. The number of halogens is 2. The molecule has 100 valence electrons. The zero-order valence-electron chi connectivity index (χ0n) is 10.2. The average molecular weight is 265 g/mol. The molecule has 19 heavy (non-hydrogen) atoms. The monoisotopic (exact) mass is 265 g/mol. The number of tetrazole rings is 1. The molecule has 0 unspecified atom stereocenters. The number of nitrogens with zero attached hydrogens (tertiary/aromatic N) is 4. The molecular weight excluding hydrogens is 252 g/mol. The van der Waals surface area contributed by atoms with Gasteiger partial charge in [-0.1, -0.05) is 12.8 Å². The predicted molar refractivity (Wildman–Crippen MR) is 64.9 cm³/mol. The van der Waals surface area contributed by atoms with Crippen molar-refractivity contribution in [2.45, 2.75) is 25.8 Å². The van der Waals surface area contributed by atoms with Gasteiger partial charge in [-0.15, -0.1) is 5.10 Å². The molecule has 5 nitrogen and oxygen atoms in total. The van der Waals surface area contributed by atoms with Crippen molar-refractivity contribution < 1.29 is 8.78 Å². The van der Waals surface area contributed by atoms with E-state index in [1.807, 2.05) is 0 Å². The molecule has 0 spiro atoms. The molecule has 1 aliphatic carbocycles. The van der Waals surface area contributed by atoms with Crippen LogP contribution in [0.15, 0.2) is 12.1 Å². The molecule has 7 heteroatoms. The minimum atomic E-state index is -0.974. The van der Waals surface area contributed by atoms with Gasteiger partial charge in [0.05, 0.1) is 0 Å². The molecular formula is C12H13F2N5. The summed E-state index contributed by atoms with van der Waals surface area (Å²) in [6.45, 7) is 0.658. The predicted octanol–water partition coefficient (Wildman–Crippen LogP) is 2.00. The van der Waals surface area contributed by atoms with Gasteiger partial charge in [0, 0.05) is 23.9 Å². The first-order valence-electron chi connectivity index (χ1n) is 6.16. The molecule has 0 radical (unpaired) electrons. The van der Waals surface area contributed by atoms with E-state index >= 15 is 0 Å². The van der Waals surface area contributed by atoms with Gasteiger partial charge in [0.1, 0.15) is 0 Å². The average Bonchev–Trinajstić information content (AvgIpc) is 3.09. The van der Waals surface area contributed by atoms with Crippen LogP contribution in [0.5, 0.6) is 0 Å². The van der Waals surface area contributed by atoms with Crippen LogP contribution in [-0.2, 0) is 6.54 Å². The quantitative estimate of drug-likeness (QED) is 0.858. The highest BCUT2D eigenvalue weighted by molar-refractivity contribution is 5.71. The summed E-state index contributed by atoms with van der Waals surface area (Å²) in [5.74, 6) is -0.824. The van der Waals surface area contributed by atoms with E-state index in [1.165, 1.54) is 12.8 Å². The van der Waals surface area contributed by atoms with Gasteiger partial charge in [-0.2, -0.15) is 0 Å². The number of aromatic nitrogens is 4. The molecule has 0 bridgehead atoms. The van der Waals surface area contributed by atoms with Crippen LogP contribution in [0.25, 0.3) is 11.4 Å². The highest BCUT2D eigenvalue weighted by Gasteiger charge is 2.22. The number of aryl methyl sites for hydroxylation is 1. The van der Waals surface area contributed by atoms with Crippen LogP contribution < -0.4 is 5.73 Å². The maximum Gasteiger partial charge on any atom is 0.184 e. The van der Waals surface area contributed by atoms with Gasteiger partial charge in [0.2, 0.25) is 0 Å². The van der Waals surface area contributed by atoms with Crippen molar-refractivity contribution in [3.63, 3.8) is 0 Å². The fourth-order valence-electron chi connectivity index (χ4n) is 2.02. The largest absolute Gasteiger partial charge is 0.398 e. The number of hydrogen-bond acceptors (Lipinski definition) is 4. The van der Waals surface area contributed by atoms with Crippen LogP contribution in [-0.4, -0.2) is 20.2 Å². The topological polar surface area (TPSA) is 69.6 Å². The summed E-state index contributed by atoms with van der Waals surface area (Å²) in [5, 5.41) is 11.3. The lowest BCUT2D eigenvalue weighted by Gasteiger charge is -2.07. The number of rotatable bonds is 4. The minimum Gasteiger partial charge on any atom is -0.398 e. The Balaban J connectivity index is 1.92. The van der Waals surface area contributed by atoms with Crippen molar-refractivity contribution in [3.05, 3.63) is 23.8 Å². The first-order valence-corrected chi connectivity index (χ1v) is 6.16. The van der Waals surface area contributed by atoms with Crippen molar-refractivity contribution in [2.24, 2.45) is 5.92 Å². The second-order valence-electron chi connectivity index (χ2n) is 4.81. The Kier molecular flexibility index (Phi) is 2.88. The lowest BCUT2D eigenvalue weighted by atomic mass is 10.1. The van der Waals surface area contributed by atoms with Gasteiger partial charge in [0.25, 0.3) is 0 Å². The third kappa shape index (κ3) is 2.40. The van der Waals surface area contributed by atoms with E-state index in [4.69, 9.17) is 5.73 Å². The number of nitrogens with two attached hydrogens (primary N) is 1. The summed E-state index contributed by atoms with van der Waals surface area (Å²) in [6, 6.07) is 1.98. The normalized spacial score (nSPS) is 14.8. The van der Waals surface area contributed by atoms with E-state index in [9.17, 15) is 8.78 Å². The van der Waals surface area contributed by atoms with Gasteiger partial charge >= 0.3 is 0 Å². The summed E-state index contributed by atoms with van der Waals surface area (Å²) in [4.78, 5) is 0. The van der Waals surface area contributed by atoms with E-state index in [-0.39, 0.29) is 5.69 Å². The first-order chi connectivity index (χ1) is 9.15. The number of benzene rings is 1. The zero-order chi connectivity index (χ0) is 13.4. The minimum absolute atomic E-state index is 0.126. The number of hydrogen-bond donors (Lipinski definition) is 1. The van der Waals surface area contributed by atoms with Crippen LogP contribution in [0.3, 0.4) is 0 Å². The van der Waals surface area contributed by atoms with Crippen LogP contribution in [0, 0.1) is 17.6 Å². The molecule has 3 rings (SSSR count). The Morgan fingerprint density at radius 1 is 1.26 bits per heavy atom. The molecule has 1 fully saturated rings. The molecule has 1 heterocycles. The lowest BCUT2D eigenvalue weighted by Crippen LogP contribution is -2.06. The Hall–Kier alpha value is -2.05. The number of anilines is 1. The molecule has 0 saturated heterocycles. The highest BCUT2D eigenvalue weighted by Crippen LogP contribution is 2.33. The Morgan fingerprint density at radius 2 is 2.00 bits per heavy atom. The molecule has 1 saturated carbocycles. The van der Waals surface area contributed by atoms with E-state index in [0.29, 0.717) is 17.9 Å².